The minimum absolute atomic E-state index is 0. The Morgan fingerprint density at radius 1 is 1.48 bits per heavy atom. The SMILES string of the molecule is C#CC(OC(C)=O)C1=C(C(=O)[O-])N2C(=O)[C@H](NC(=O)Cc3cccs3)[C@H]2SC1.[Na+]. The zero-order chi connectivity index (χ0) is 20.4. The minimum atomic E-state index is -1.59. The largest absolute Gasteiger partial charge is 1.00 e. The van der Waals surface area contributed by atoms with E-state index in [0.29, 0.717) is 0 Å². The number of fused-ring (bicyclic) bond motifs is 1. The molecule has 1 unspecified atom stereocenters. The third-order valence-electron chi connectivity index (χ3n) is 4.17. The fourth-order valence-corrected chi connectivity index (χ4v) is 5.08. The van der Waals surface area contributed by atoms with E-state index in [1.165, 1.54) is 23.1 Å². The van der Waals surface area contributed by atoms with Gasteiger partial charge in [0.1, 0.15) is 11.4 Å². The number of nitrogens with one attached hydrogen (secondary N) is 1. The first-order valence-electron chi connectivity index (χ1n) is 8.17. The van der Waals surface area contributed by atoms with Gasteiger partial charge in [0, 0.05) is 23.1 Å². The molecule has 0 spiro atoms. The van der Waals surface area contributed by atoms with Crippen LogP contribution in [0.2, 0.25) is 0 Å². The number of carbonyl (C=O) groups excluding carboxylic acids is 4. The van der Waals surface area contributed by atoms with Crippen LogP contribution in [0.25, 0.3) is 0 Å². The molecule has 1 fully saturated rings. The van der Waals surface area contributed by atoms with Crippen molar-refractivity contribution in [2.24, 2.45) is 0 Å². The normalized spacial score (nSPS) is 21.1. The van der Waals surface area contributed by atoms with E-state index in [4.69, 9.17) is 11.2 Å². The number of thiophene rings is 1. The molecule has 0 aliphatic carbocycles. The Morgan fingerprint density at radius 2 is 2.21 bits per heavy atom. The summed E-state index contributed by atoms with van der Waals surface area (Å²) in [6.45, 7) is 1.15. The number of nitrogens with zero attached hydrogens (tertiary/aromatic N) is 1. The van der Waals surface area contributed by atoms with Gasteiger partial charge < -0.3 is 20.0 Å². The summed E-state index contributed by atoms with van der Waals surface area (Å²) in [5, 5.41) is 15.6. The number of terminal acetylenes is 1. The van der Waals surface area contributed by atoms with Gasteiger partial charge in [-0.1, -0.05) is 12.0 Å². The van der Waals surface area contributed by atoms with Crippen molar-refractivity contribution in [3.8, 4) is 12.3 Å². The van der Waals surface area contributed by atoms with E-state index in [0.717, 1.165) is 16.7 Å². The zero-order valence-corrected chi connectivity index (χ0v) is 19.3. The number of ether oxygens (including phenoxy) is 1. The first-order chi connectivity index (χ1) is 13.3. The first-order valence-corrected chi connectivity index (χ1v) is 10.1. The third kappa shape index (κ3) is 4.87. The van der Waals surface area contributed by atoms with Crippen molar-refractivity contribution in [2.45, 2.75) is 30.9 Å². The summed E-state index contributed by atoms with van der Waals surface area (Å²) < 4.78 is 4.97. The number of esters is 1. The summed E-state index contributed by atoms with van der Waals surface area (Å²) >= 11 is 2.66. The number of carboxylic acids is 1. The molecule has 8 nitrogen and oxygen atoms in total. The van der Waals surface area contributed by atoms with Crippen molar-refractivity contribution in [3.05, 3.63) is 33.7 Å². The smallest absolute Gasteiger partial charge is 0.543 e. The predicted molar refractivity (Wildman–Crippen MR) is 99.5 cm³/mol. The van der Waals surface area contributed by atoms with Gasteiger partial charge in [0.15, 0.2) is 6.10 Å². The molecule has 29 heavy (non-hydrogen) atoms. The maximum atomic E-state index is 12.5. The molecule has 1 saturated heterocycles. The van der Waals surface area contributed by atoms with E-state index in [1.54, 1.807) is 0 Å². The van der Waals surface area contributed by atoms with Gasteiger partial charge in [-0.25, -0.2) is 0 Å². The van der Waals surface area contributed by atoms with Gasteiger partial charge in [0.2, 0.25) is 5.91 Å². The molecule has 3 atom stereocenters. The molecule has 1 aromatic rings. The summed E-state index contributed by atoms with van der Waals surface area (Å²) in [6.07, 6.45) is 4.29. The number of hydrogen-bond acceptors (Lipinski definition) is 8. The Balaban J connectivity index is 0.00000300. The van der Waals surface area contributed by atoms with Crippen molar-refractivity contribution < 1.29 is 58.6 Å². The number of β-lactam (4-membered cyclic amide) rings is 1. The zero-order valence-electron chi connectivity index (χ0n) is 15.7. The number of rotatable bonds is 6. The van der Waals surface area contributed by atoms with Crippen LogP contribution >= 0.6 is 23.1 Å². The van der Waals surface area contributed by atoms with Gasteiger partial charge in [-0.05, 0) is 11.4 Å². The van der Waals surface area contributed by atoms with Gasteiger partial charge in [-0.15, -0.1) is 29.5 Å². The van der Waals surface area contributed by atoms with Crippen LogP contribution in [-0.2, 0) is 30.3 Å². The Kier molecular flexibility index (Phi) is 7.96. The standard InChI is InChI=1S/C18H16N2O6S2.Na/c1-3-12(26-9(2)21)11-8-28-17-14(16(23)20(17)15(11)18(24)25)19-13(22)7-10-5-4-6-27-10;/h1,4-6,12,14,17H,7-8H2,2H3,(H,19,22)(H,24,25);/q;+1/p-1/t12?,14-,17+;/m0./s1. The van der Waals surface area contributed by atoms with Crippen LogP contribution < -0.4 is 40.0 Å². The molecule has 0 bridgehead atoms. The maximum absolute atomic E-state index is 12.5. The molecule has 3 heterocycles. The van der Waals surface area contributed by atoms with E-state index in [1.807, 2.05) is 17.5 Å². The topological polar surface area (TPSA) is 116 Å². The van der Waals surface area contributed by atoms with Crippen molar-refractivity contribution in [1.82, 2.24) is 10.2 Å². The van der Waals surface area contributed by atoms with Crippen molar-refractivity contribution in [2.75, 3.05) is 5.75 Å². The molecule has 0 saturated carbocycles. The van der Waals surface area contributed by atoms with Crippen LogP contribution in [-0.4, -0.2) is 51.9 Å². The molecule has 0 radical (unpaired) electrons. The van der Waals surface area contributed by atoms with E-state index in [-0.39, 0.29) is 53.2 Å². The predicted octanol–water partition coefficient (Wildman–Crippen LogP) is -3.74. The van der Waals surface area contributed by atoms with Gasteiger partial charge in [-0.2, -0.15) is 0 Å². The van der Waals surface area contributed by atoms with E-state index in [2.05, 4.69) is 11.2 Å². The van der Waals surface area contributed by atoms with Crippen molar-refractivity contribution in [3.63, 3.8) is 0 Å². The summed E-state index contributed by atoms with van der Waals surface area (Å²) in [5.74, 6) is -0.828. The van der Waals surface area contributed by atoms with E-state index >= 15 is 0 Å². The summed E-state index contributed by atoms with van der Waals surface area (Å²) in [5.41, 5.74) is -0.294. The summed E-state index contributed by atoms with van der Waals surface area (Å²) in [7, 11) is 0. The van der Waals surface area contributed by atoms with Crippen LogP contribution in [0, 0.1) is 12.3 Å². The quantitative estimate of drug-likeness (QED) is 0.208. The van der Waals surface area contributed by atoms with Crippen LogP contribution in [0.5, 0.6) is 0 Å². The molecular weight excluding hydrogens is 427 g/mol. The fraction of sp³-hybridized carbons (Fsp3) is 0.333. The molecule has 0 aromatic carbocycles. The fourth-order valence-electron chi connectivity index (χ4n) is 3.00. The van der Waals surface area contributed by atoms with Crippen LogP contribution in [0.15, 0.2) is 28.8 Å². The number of hydrogen-bond donors (Lipinski definition) is 1. The van der Waals surface area contributed by atoms with E-state index in [9.17, 15) is 24.3 Å². The van der Waals surface area contributed by atoms with Crippen LogP contribution in [0.3, 0.4) is 0 Å². The second kappa shape index (κ2) is 9.82. The molecule has 2 amide bonds. The Labute approximate surface area is 197 Å². The monoisotopic (exact) mass is 442 g/mol. The van der Waals surface area contributed by atoms with Gasteiger partial charge in [-0.3, -0.25) is 19.3 Å². The Hall–Kier alpha value is -1.77. The first kappa shape index (κ1) is 23.5. The number of amides is 2. The van der Waals surface area contributed by atoms with Crippen LogP contribution in [0.4, 0.5) is 0 Å². The summed E-state index contributed by atoms with van der Waals surface area (Å²) in [6, 6.07) is 2.79. The average Bonchev–Trinajstić information content (AvgIpc) is 3.15. The molecule has 2 aliphatic heterocycles. The molecule has 3 rings (SSSR count). The molecule has 11 heteroatoms. The van der Waals surface area contributed by atoms with Crippen molar-refractivity contribution >= 4 is 46.9 Å². The number of carbonyl (C=O) groups is 4. The van der Waals surface area contributed by atoms with Gasteiger partial charge >= 0.3 is 35.5 Å². The van der Waals surface area contributed by atoms with Gasteiger partial charge in [0.25, 0.3) is 5.91 Å². The summed E-state index contributed by atoms with van der Waals surface area (Å²) in [4.78, 5) is 49.5. The Bertz CT molecular complexity index is 908. The average molecular weight is 442 g/mol. The number of thioether (sulfide) groups is 1. The van der Waals surface area contributed by atoms with Crippen molar-refractivity contribution in [1.29, 1.82) is 0 Å². The number of aliphatic carboxylic acids is 1. The van der Waals surface area contributed by atoms with Crippen LogP contribution in [0.1, 0.15) is 11.8 Å². The second-order valence-corrected chi connectivity index (χ2v) is 8.17. The molecule has 146 valence electrons. The maximum Gasteiger partial charge on any atom is 1.00 e. The van der Waals surface area contributed by atoms with Gasteiger partial charge in [0.05, 0.1) is 18.1 Å². The minimum Gasteiger partial charge on any atom is -0.543 e. The second-order valence-electron chi connectivity index (χ2n) is 6.03. The third-order valence-corrected chi connectivity index (χ3v) is 6.35. The number of carboxylic acid groups (broad SMARTS) is 1. The molecule has 1 N–H and O–H groups in total. The molecule has 1 aromatic heterocycles. The molecule has 2 aliphatic rings. The molecular formula is C18H15N2NaO6S2. The Morgan fingerprint density at radius 3 is 2.76 bits per heavy atom. The van der Waals surface area contributed by atoms with E-state index < -0.39 is 41.1 Å².